The molecule has 0 aliphatic carbocycles. The average molecular weight is 218 g/mol. The summed E-state index contributed by atoms with van der Waals surface area (Å²) < 4.78 is 0. The standard InChI is InChI=1S/C14H22N2/c1-4-5-6-7-8-12-11(3)10(2)9-13(15)14(12)16/h4,9H,1,5-8,15-16H2,2-3H3. The summed E-state index contributed by atoms with van der Waals surface area (Å²) in [6, 6.07) is 1.96. The molecule has 0 unspecified atom stereocenters. The second-order valence-corrected chi connectivity index (χ2v) is 4.33. The number of hydrogen-bond acceptors (Lipinski definition) is 2. The van der Waals surface area contributed by atoms with Gasteiger partial charge in [0, 0.05) is 0 Å². The zero-order valence-corrected chi connectivity index (χ0v) is 10.3. The molecule has 1 aromatic carbocycles. The van der Waals surface area contributed by atoms with Crippen LogP contribution in [0.15, 0.2) is 18.7 Å². The second-order valence-electron chi connectivity index (χ2n) is 4.33. The van der Waals surface area contributed by atoms with Gasteiger partial charge in [-0.15, -0.1) is 6.58 Å². The van der Waals surface area contributed by atoms with Crippen molar-refractivity contribution in [3.63, 3.8) is 0 Å². The SMILES string of the molecule is C=CCCCCc1c(C)c(C)cc(N)c1N. The Kier molecular flexibility index (Phi) is 4.41. The molecule has 0 saturated carbocycles. The molecule has 4 N–H and O–H groups in total. The lowest BCUT2D eigenvalue weighted by atomic mass is 9.95. The van der Waals surface area contributed by atoms with Gasteiger partial charge in [0.1, 0.15) is 0 Å². The fraction of sp³-hybridized carbons (Fsp3) is 0.429. The molecule has 0 heterocycles. The highest BCUT2D eigenvalue weighted by Gasteiger charge is 2.08. The van der Waals surface area contributed by atoms with Gasteiger partial charge < -0.3 is 11.5 Å². The largest absolute Gasteiger partial charge is 0.397 e. The van der Waals surface area contributed by atoms with E-state index < -0.39 is 0 Å². The van der Waals surface area contributed by atoms with Crippen LogP contribution in [0, 0.1) is 13.8 Å². The van der Waals surface area contributed by atoms with Gasteiger partial charge in [-0.1, -0.05) is 6.08 Å². The van der Waals surface area contributed by atoms with E-state index in [0.717, 1.165) is 31.4 Å². The van der Waals surface area contributed by atoms with Crippen molar-refractivity contribution < 1.29 is 0 Å². The smallest absolute Gasteiger partial charge is 0.0583 e. The van der Waals surface area contributed by atoms with E-state index >= 15 is 0 Å². The van der Waals surface area contributed by atoms with Crippen molar-refractivity contribution in [2.75, 3.05) is 11.5 Å². The monoisotopic (exact) mass is 218 g/mol. The van der Waals surface area contributed by atoms with Crippen LogP contribution < -0.4 is 11.5 Å². The van der Waals surface area contributed by atoms with E-state index in [1.807, 2.05) is 12.1 Å². The number of allylic oxidation sites excluding steroid dienone is 1. The summed E-state index contributed by atoms with van der Waals surface area (Å²) in [5.41, 5.74) is 17.1. The van der Waals surface area contributed by atoms with E-state index in [4.69, 9.17) is 11.5 Å². The molecule has 0 radical (unpaired) electrons. The zero-order chi connectivity index (χ0) is 12.1. The first-order valence-electron chi connectivity index (χ1n) is 5.82. The Morgan fingerprint density at radius 2 is 1.94 bits per heavy atom. The Bertz CT molecular complexity index is 355. The summed E-state index contributed by atoms with van der Waals surface area (Å²) >= 11 is 0. The molecule has 0 fully saturated rings. The van der Waals surface area contributed by atoms with Crippen LogP contribution in [0.2, 0.25) is 0 Å². The van der Waals surface area contributed by atoms with Gasteiger partial charge in [-0.05, 0) is 62.3 Å². The van der Waals surface area contributed by atoms with Gasteiger partial charge in [0.05, 0.1) is 11.4 Å². The van der Waals surface area contributed by atoms with E-state index in [9.17, 15) is 0 Å². The van der Waals surface area contributed by atoms with E-state index in [1.54, 1.807) is 0 Å². The van der Waals surface area contributed by atoms with Gasteiger partial charge in [0.25, 0.3) is 0 Å². The van der Waals surface area contributed by atoms with Crippen LogP contribution >= 0.6 is 0 Å². The molecular weight excluding hydrogens is 196 g/mol. The van der Waals surface area contributed by atoms with Crippen LogP contribution in [0.1, 0.15) is 36.0 Å². The molecule has 0 atom stereocenters. The van der Waals surface area contributed by atoms with Crippen LogP contribution in [0.5, 0.6) is 0 Å². The maximum atomic E-state index is 6.02. The summed E-state index contributed by atoms with van der Waals surface area (Å²) in [5, 5.41) is 0. The Morgan fingerprint density at radius 1 is 1.25 bits per heavy atom. The summed E-state index contributed by atoms with van der Waals surface area (Å²) in [7, 11) is 0. The summed E-state index contributed by atoms with van der Waals surface area (Å²) in [4.78, 5) is 0. The van der Waals surface area contributed by atoms with Gasteiger partial charge in [-0.3, -0.25) is 0 Å². The molecule has 0 aliphatic heterocycles. The van der Waals surface area contributed by atoms with Crippen molar-refractivity contribution in [2.24, 2.45) is 0 Å². The summed E-state index contributed by atoms with van der Waals surface area (Å²) in [6.45, 7) is 7.92. The molecule has 16 heavy (non-hydrogen) atoms. The van der Waals surface area contributed by atoms with E-state index in [-0.39, 0.29) is 0 Å². The quantitative estimate of drug-likeness (QED) is 0.452. The average Bonchev–Trinajstić information content (AvgIpc) is 2.25. The molecule has 88 valence electrons. The minimum absolute atomic E-state index is 0.710. The lowest BCUT2D eigenvalue weighted by Gasteiger charge is -2.14. The van der Waals surface area contributed by atoms with Gasteiger partial charge in [-0.2, -0.15) is 0 Å². The van der Waals surface area contributed by atoms with Gasteiger partial charge in [0.2, 0.25) is 0 Å². The molecule has 0 aromatic heterocycles. The highest BCUT2D eigenvalue weighted by atomic mass is 14.7. The highest BCUT2D eigenvalue weighted by molar-refractivity contribution is 5.70. The number of unbranched alkanes of at least 4 members (excludes halogenated alkanes) is 2. The third-order valence-electron chi connectivity index (χ3n) is 3.14. The number of anilines is 2. The van der Waals surface area contributed by atoms with Crippen molar-refractivity contribution in [1.82, 2.24) is 0 Å². The van der Waals surface area contributed by atoms with Crippen LogP contribution in [0.4, 0.5) is 11.4 Å². The van der Waals surface area contributed by atoms with Crippen molar-refractivity contribution in [3.05, 3.63) is 35.4 Å². The van der Waals surface area contributed by atoms with Crippen LogP contribution in [-0.2, 0) is 6.42 Å². The second kappa shape index (κ2) is 5.59. The minimum atomic E-state index is 0.710. The maximum absolute atomic E-state index is 6.02. The number of hydrogen-bond donors (Lipinski definition) is 2. The third-order valence-corrected chi connectivity index (χ3v) is 3.14. The fourth-order valence-electron chi connectivity index (χ4n) is 1.95. The number of rotatable bonds is 5. The minimum Gasteiger partial charge on any atom is -0.397 e. The Labute approximate surface area is 98.3 Å². The third kappa shape index (κ3) is 2.78. The van der Waals surface area contributed by atoms with Crippen LogP contribution in [-0.4, -0.2) is 0 Å². The normalized spacial score (nSPS) is 10.4. The zero-order valence-electron chi connectivity index (χ0n) is 10.3. The van der Waals surface area contributed by atoms with Crippen molar-refractivity contribution >= 4 is 11.4 Å². The molecule has 0 saturated heterocycles. The fourth-order valence-corrected chi connectivity index (χ4v) is 1.95. The molecule has 0 spiro atoms. The number of nitrogens with two attached hydrogens (primary N) is 2. The topological polar surface area (TPSA) is 52.0 Å². The van der Waals surface area contributed by atoms with Crippen molar-refractivity contribution in [2.45, 2.75) is 39.5 Å². The Balaban J connectivity index is 2.81. The molecule has 1 rings (SSSR count). The predicted molar refractivity (Wildman–Crippen MR) is 72.5 cm³/mol. The number of nitrogen functional groups attached to an aromatic ring is 2. The van der Waals surface area contributed by atoms with Crippen LogP contribution in [0.25, 0.3) is 0 Å². The first-order chi connectivity index (χ1) is 7.57. The van der Waals surface area contributed by atoms with E-state index in [2.05, 4.69) is 20.4 Å². The maximum Gasteiger partial charge on any atom is 0.0583 e. The van der Waals surface area contributed by atoms with Gasteiger partial charge in [-0.25, -0.2) is 0 Å². The van der Waals surface area contributed by atoms with Crippen molar-refractivity contribution in [1.29, 1.82) is 0 Å². The number of aryl methyl sites for hydroxylation is 1. The van der Waals surface area contributed by atoms with Crippen molar-refractivity contribution in [3.8, 4) is 0 Å². The molecule has 1 aromatic rings. The Hall–Kier alpha value is -1.44. The highest BCUT2D eigenvalue weighted by Crippen LogP contribution is 2.28. The van der Waals surface area contributed by atoms with E-state index in [0.29, 0.717) is 5.69 Å². The van der Waals surface area contributed by atoms with Gasteiger partial charge in [0.15, 0.2) is 0 Å². The Morgan fingerprint density at radius 3 is 2.56 bits per heavy atom. The molecule has 2 heteroatoms. The lowest BCUT2D eigenvalue weighted by molar-refractivity contribution is 0.746. The molecule has 2 nitrogen and oxygen atoms in total. The molecule has 0 amide bonds. The lowest BCUT2D eigenvalue weighted by Crippen LogP contribution is -2.04. The summed E-state index contributed by atoms with van der Waals surface area (Å²) in [5.74, 6) is 0. The molecular formula is C14H22N2. The predicted octanol–water partition coefficient (Wildman–Crippen LogP) is 3.37. The molecule has 0 bridgehead atoms. The first-order valence-corrected chi connectivity index (χ1v) is 5.82. The van der Waals surface area contributed by atoms with Gasteiger partial charge >= 0.3 is 0 Å². The van der Waals surface area contributed by atoms with E-state index in [1.165, 1.54) is 16.7 Å². The first kappa shape index (κ1) is 12.6. The summed E-state index contributed by atoms with van der Waals surface area (Å²) in [6.07, 6.45) is 6.34. The molecule has 0 aliphatic rings. The number of benzene rings is 1. The van der Waals surface area contributed by atoms with Crippen LogP contribution in [0.3, 0.4) is 0 Å².